The molecule has 0 saturated carbocycles. The first kappa shape index (κ1) is 27.9. The predicted molar refractivity (Wildman–Crippen MR) is 160 cm³/mol. The Morgan fingerprint density at radius 2 is 1.74 bits per heavy atom. The van der Waals surface area contributed by atoms with Crippen molar-refractivity contribution in [2.45, 2.75) is 38.3 Å². The van der Waals surface area contributed by atoms with Crippen molar-refractivity contribution in [1.29, 1.82) is 0 Å². The lowest BCUT2D eigenvalue weighted by Crippen LogP contribution is -2.19. The smallest absolute Gasteiger partial charge is 0.250 e. The molecule has 0 fully saturated rings. The van der Waals surface area contributed by atoms with E-state index in [1.54, 1.807) is 13.2 Å². The van der Waals surface area contributed by atoms with Crippen LogP contribution in [-0.4, -0.2) is 39.7 Å². The van der Waals surface area contributed by atoms with Crippen molar-refractivity contribution in [1.82, 2.24) is 20.2 Å². The van der Waals surface area contributed by atoms with Crippen molar-refractivity contribution in [2.75, 3.05) is 12.9 Å². The van der Waals surface area contributed by atoms with Crippen LogP contribution in [0.15, 0.2) is 89.1 Å². The molecule has 0 bridgehead atoms. The van der Waals surface area contributed by atoms with Crippen LogP contribution in [0.1, 0.15) is 37.5 Å². The molecule has 0 unspecified atom stereocenters. The van der Waals surface area contributed by atoms with Crippen LogP contribution in [-0.2, 0) is 10.2 Å². The van der Waals surface area contributed by atoms with Crippen molar-refractivity contribution >= 4 is 30.0 Å². The van der Waals surface area contributed by atoms with E-state index >= 15 is 0 Å². The molecule has 0 aliphatic heterocycles. The van der Waals surface area contributed by atoms with E-state index in [0.717, 1.165) is 34.0 Å². The molecular weight excluding hydrogens is 506 g/mol. The van der Waals surface area contributed by atoms with E-state index in [9.17, 15) is 4.79 Å². The van der Waals surface area contributed by atoms with Crippen LogP contribution in [0.25, 0.3) is 23.2 Å². The van der Waals surface area contributed by atoms with Gasteiger partial charge in [-0.2, -0.15) is 5.10 Å². The van der Waals surface area contributed by atoms with E-state index in [4.69, 9.17) is 4.74 Å². The molecule has 0 atom stereocenters. The molecule has 4 rings (SSSR count). The van der Waals surface area contributed by atoms with Gasteiger partial charge in [-0.15, -0.1) is 10.2 Å². The van der Waals surface area contributed by atoms with Crippen LogP contribution in [0.3, 0.4) is 0 Å². The van der Waals surface area contributed by atoms with Gasteiger partial charge in [0.2, 0.25) is 0 Å². The average Bonchev–Trinajstić information content (AvgIpc) is 3.36. The number of rotatable bonds is 9. The standard InChI is InChI=1S/C31H33N5O2S/c1-22-12-18-26(19-13-22)36-29(24-14-16-25(17-15-24)31(2,3)4)34-35-30(36)39-21-28(37)33-32-20-8-10-23-9-6-7-11-27(23)38-5/h6-20H,21H2,1-5H3,(H,33,37)/b10-8-,32-20-. The van der Waals surface area contributed by atoms with E-state index in [2.05, 4.69) is 77.9 Å². The summed E-state index contributed by atoms with van der Waals surface area (Å²) in [4.78, 5) is 12.5. The van der Waals surface area contributed by atoms with E-state index in [0.29, 0.717) is 5.16 Å². The highest BCUT2D eigenvalue weighted by molar-refractivity contribution is 7.99. The summed E-state index contributed by atoms with van der Waals surface area (Å²) in [6.07, 6.45) is 5.14. The first-order chi connectivity index (χ1) is 18.8. The first-order valence-corrected chi connectivity index (χ1v) is 13.6. The van der Waals surface area contributed by atoms with Gasteiger partial charge in [0, 0.05) is 23.0 Å². The van der Waals surface area contributed by atoms with Gasteiger partial charge < -0.3 is 4.74 Å². The van der Waals surface area contributed by atoms with Crippen LogP contribution in [0.4, 0.5) is 0 Å². The zero-order valence-corrected chi connectivity index (χ0v) is 23.7. The minimum absolute atomic E-state index is 0.0597. The Balaban J connectivity index is 1.47. The second-order valence-corrected chi connectivity index (χ2v) is 10.9. The van der Waals surface area contributed by atoms with Crippen LogP contribution in [0.5, 0.6) is 5.75 Å². The number of nitrogens with one attached hydrogen (secondary N) is 1. The summed E-state index contributed by atoms with van der Waals surface area (Å²) < 4.78 is 7.32. The van der Waals surface area contributed by atoms with Gasteiger partial charge in [0.05, 0.1) is 12.9 Å². The topological polar surface area (TPSA) is 81.4 Å². The summed E-state index contributed by atoms with van der Waals surface area (Å²) in [6, 6.07) is 24.2. The number of hydrazone groups is 1. The van der Waals surface area contributed by atoms with E-state index in [1.807, 2.05) is 54.0 Å². The lowest BCUT2D eigenvalue weighted by atomic mass is 9.87. The van der Waals surface area contributed by atoms with Crippen molar-refractivity contribution in [3.05, 3.63) is 95.6 Å². The third-order valence-electron chi connectivity index (χ3n) is 6.03. The van der Waals surface area contributed by atoms with Crippen LogP contribution in [0.2, 0.25) is 0 Å². The molecular formula is C31H33N5O2S. The SMILES string of the molecule is COc1ccccc1/C=C\C=N/NC(=O)CSc1nnc(-c2ccc(C(C)(C)C)cc2)n1-c1ccc(C)cc1. The van der Waals surface area contributed by atoms with Gasteiger partial charge in [-0.3, -0.25) is 9.36 Å². The van der Waals surface area contributed by atoms with Crippen LogP contribution >= 0.6 is 11.8 Å². The van der Waals surface area contributed by atoms with Crippen molar-refractivity contribution in [3.8, 4) is 22.8 Å². The van der Waals surface area contributed by atoms with Gasteiger partial charge in [-0.05, 0) is 48.3 Å². The lowest BCUT2D eigenvalue weighted by molar-refractivity contribution is -0.118. The van der Waals surface area contributed by atoms with Crippen LogP contribution < -0.4 is 10.2 Å². The average molecular weight is 540 g/mol. The zero-order chi connectivity index (χ0) is 27.8. The Kier molecular flexibility index (Phi) is 8.99. The maximum absolute atomic E-state index is 12.5. The maximum atomic E-state index is 12.5. The number of allylic oxidation sites excluding steroid dienone is 1. The van der Waals surface area contributed by atoms with Gasteiger partial charge in [0.25, 0.3) is 5.91 Å². The summed E-state index contributed by atoms with van der Waals surface area (Å²) in [5, 5.41) is 13.6. The molecule has 3 aromatic carbocycles. The second kappa shape index (κ2) is 12.6. The molecule has 1 amide bonds. The largest absolute Gasteiger partial charge is 0.496 e. The molecule has 0 radical (unpaired) electrons. The molecule has 8 heteroatoms. The number of carbonyl (C=O) groups is 1. The molecule has 39 heavy (non-hydrogen) atoms. The summed E-state index contributed by atoms with van der Waals surface area (Å²) >= 11 is 1.31. The highest BCUT2D eigenvalue weighted by atomic mass is 32.2. The Morgan fingerprint density at radius 1 is 1.03 bits per heavy atom. The number of hydrogen-bond donors (Lipinski definition) is 1. The van der Waals surface area contributed by atoms with Crippen molar-refractivity contribution in [2.24, 2.45) is 5.10 Å². The fourth-order valence-electron chi connectivity index (χ4n) is 3.86. The number of aromatic nitrogens is 3. The summed E-state index contributed by atoms with van der Waals surface area (Å²) in [5.41, 5.74) is 7.85. The zero-order valence-electron chi connectivity index (χ0n) is 22.9. The third-order valence-corrected chi connectivity index (χ3v) is 6.96. The monoisotopic (exact) mass is 539 g/mol. The molecule has 200 valence electrons. The van der Waals surface area contributed by atoms with Gasteiger partial charge in [0.15, 0.2) is 11.0 Å². The Morgan fingerprint density at radius 3 is 2.44 bits per heavy atom. The Bertz CT molecular complexity index is 1470. The molecule has 0 spiro atoms. The highest BCUT2D eigenvalue weighted by Crippen LogP contribution is 2.30. The number of thioether (sulfide) groups is 1. The van der Waals surface area contributed by atoms with Gasteiger partial charge >= 0.3 is 0 Å². The number of para-hydroxylation sites is 1. The summed E-state index contributed by atoms with van der Waals surface area (Å²) in [7, 11) is 1.63. The maximum Gasteiger partial charge on any atom is 0.250 e. The van der Waals surface area contributed by atoms with Gasteiger partial charge in [-0.1, -0.05) is 92.7 Å². The summed E-state index contributed by atoms with van der Waals surface area (Å²) in [5.74, 6) is 1.39. The number of carbonyl (C=O) groups excluding carboxylic acids is 1. The number of ether oxygens (including phenoxy) is 1. The molecule has 1 N–H and O–H groups in total. The predicted octanol–water partition coefficient (Wildman–Crippen LogP) is 6.46. The second-order valence-electron chi connectivity index (χ2n) is 10.0. The quantitative estimate of drug-likeness (QED) is 0.150. The minimum Gasteiger partial charge on any atom is -0.496 e. The number of hydrogen-bond acceptors (Lipinski definition) is 6. The van der Waals surface area contributed by atoms with Crippen LogP contribution in [0, 0.1) is 6.92 Å². The third kappa shape index (κ3) is 7.23. The highest BCUT2D eigenvalue weighted by Gasteiger charge is 2.19. The van der Waals surface area contributed by atoms with Gasteiger partial charge in [0.1, 0.15) is 5.75 Å². The molecule has 7 nitrogen and oxygen atoms in total. The minimum atomic E-state index is -0.239. The summed E-state index contributed by atoms with van der Waals surface area (Å²) in [6.45, 7) is 8.63. The van der Waals surface area contributed by atoms with E-state index in [1.165, 1.54) is 23.5 Å². The van der Waals surface area contributed by atoms with Crippen molar-refractivity contribution in [3.63, 3.8) is 0 Å². The normalized spacial score (nSPS) is 11.8. The fourth-order valence-corrected chi connectivity index (χ4v) is 4.61. The lowest BCUT2D eigenvalue weighted by Gasteiger charge is -2.19. The molecule has 0 aliphatic carbocycles. The number of amides is 1. The number of benzene rings is 3. The molecule has 1 aromatic heterocycles. The fraction of sp³-hybridized carbons (Fsp3) is 0.226. The molecule has 0 saturated heterocycles. The molecule has 0 aliphatic rings. The van der Waals surface area contributed by atoms with E-state index in [-0.39, 0.29) is 17.1 Å². The number of nitrogens with zero attached hydrogens (tertiary/aromatic N) is 4. The van der Waals surface area contributed by atoms with E-state index < -0.39 is 0 Å². The number of aryl methyl sites for hydroxylation is 1. The first-order valence-electron chi connectivity index (χ1n) is 12.6. The molecule has 4 aromatic rings. The Labute approximate surface area is 234 Å². The Hall–Kier alpha value is -4.17. The van der Waals surface area contributed by atoms with Crippen molar-refractivity contribution < 1.29 is 9.53 Å². The molecule has 1 heterocycles. The number of methoxy groups -OCH3 is 1. The van der Waals surface area contributed by atoms with Gasteiger partial charge in [-0.25, -0.2) is 5.43 Å².